The zero-order valence-electron chi connectivity index (χ0n) is 11.2. The Hall–Kier alpha value is -1.00. The molecular formula is C11H18N4O3S2. The second-order valence-corrected chi connectivity index (χ2v) is 7.59. The van der Waals surface area contributed by atoms with Crippen LogP contribution in [0.15, 0.2) is 11.4 Å². The Kier molecular flexibility index (Phi) is 4.76. The van der Waals surface area contributed by atoms with Gasteiger partial charge in [-0.05, 0) is 17.0 Å². The molecule has 20 heavy (non-hydrogen) atoms. The second-order valence-electron chi connectivity index (χ2n) is 4.69. The Morgan fingerprint density at radius 3 is 2.60 bits per heavy atom. The van der Waals surface area contributed by atoms with Gasteiger partial charge in [0.2, 0.25) is 10.0 Å². The largest absolute Gasteiger partial charge is 0.296 e. The van der Waals surface area contributed by atoms with Crippen molar-refractivity contribution >= 4 is 27.3 Å². The average molecular weight is 318 g/mol. The molecule has 7 nitrogen and oxygen atoms in total. The monoisotopic (exact) mass is 318 g/mol. The van der Waals surface area contributed by atoms with E-state index in [1.165, 1.54) is 21.9 Å². The third-order valence-electron chi connectivity index (χ3n) is 3.28. The van der Waals surface area contributed by atoms with E-state index < -0.39 is 10.0 Å². The summed E-state index contributed by atoms with van der Waals surface area (Å²) in [4.78, 5) is 14.3. The summed E-state index contributed by atoms with van der Waals surface area (Å²) in [6.45, 7) is 2.92. The van der Waals surface area contributed by atoms with E-state index in [1.807, 2.05) is 11.4 Å². The van der Waals surface area contributed by atoms with Gasteiger partial charge in [-0.25, -0.2) is 14.3 Å². The zero-order chi connectivity index (χ0) is 14.8. The van der Waals surface area contributed by atoms with Crippen molar-refractivity contribution in [2.24, 2.45) is 5.84 Å². The van der Waals surface area contributed by atoms with E-state index in [4.69, 9.17) is 5.84 Å². The van der Waals surface area contributed by atoms with E-state index in [0.29, 0.717) is 37.6 Å². The maximum absolute atomic E-state index is 11.6. The number of hydrogen-bond donors (Lipinski definition) is 2. The minimum Gasteiger partial charge on any atom is -0.296 e. The number of nitrogens with zero attached hydrogens (tertiary/aromatic N) is 2. The van der Waals surface area contributed by atoms with Crippen molar-refractivity contribution in [3.8, 4) is 0 Å². The molecular weight excluding hydrogens is 300 g/mol. The molecule has 0 bridgehead atoms. The number of amides is 1. The first-order valence-electron chi connectivity index (χ1n) is 6.16. The first kappa shape index (κ1) is 15.4. The Morgan fingerprint density at radius 1 is 1.40 bits per heavy atom. The van der Waals surface area contributed by atoms with Crippen molar-refractivity contribution in [2.75, 3.05) is 32.4 Å². The van der Waals surface area contributed by atoms with Crippen LogP contribution in [-0.4, -0.2) is 56.0 Å². The van der Waals surface area contributed by atoms with Crippen molar-refractivity contribution in [1.82, 2.24) is 14.6 Å². The molecule has 112 valence electrons. The van der Waals surface area contributed by atoms with Crippen LogP contribution in [-0.2, 0) is 16.6 Å². The van der Waals surface area contributed by atoms with Gasteiger partial charge in [0, 0.05) is 32.7 Å². The number of thiophene rings is 1. The molecule has 1 aliphatic heterocycles. The van der Waals surface area contributed by atoms with Crippen molar-refractivity contribution in [1.29, 1.82) is 0 Å². The number of rotatable bonds is 4. The lowest BCUT2D eigenvalue weighted by molar-refractivity contribution is 0.0955. The molecule has 1 aliphatic rings. The first-order valence-corrected chi connectivity index (χ1v) is 8.89. The molecule has 0 unspecified atom stereocenters. The van der Waals surface area contributed by atoms with E-state index in [2.05, 4.69) is 10.3 Å². The number of nitrogens with two attached hydrogens (primary N) is 1. The number of sulfonamides is 1. The van der Waals surface area contributed by atoms with Gasteiger partial charge < -0.3 is 0 Å². The zero-order valence-corrected chi connectivity index (χ0v) is 12.8. The average Bonchev–Trinajstić information content (AvgIpc) is 2.85. The lowest BCUT2D eigenvalue weighted by atomic mass is 10.2. The highest BCUT2D eigenvalue weighted by Gasteiger charge is 2.24. The third-order valence-corrected chi connectivity index (χ3v) is 5.54. The van der Waals surface area contributed by atoms with Crippen LogP contribution < -0.4 is 11.3 Å². The summed E-state index contributed by atoms with van der Waals surface area (Å²) in [7, 11) is -3.11. The number of nitrogens with one attached hydrogen (secondary N) is 1. The fourth-order valence-electron chi connectivity index (χ4n) is 2.19. The minimum absolute atomic E-state index is 0.287. The van der Waals surface area contributed by atoms with Gasteiger partial charge in [-0.2, -0.15) is 4.31 Å². The number of nitrogen functional groups attached to an aromatic ring is 1. The molecule has 1 fully saturated rings. The molecule has 0 aliphatic carbocycles. The normalized spacial score (nSPS) is 18.1. The molecule has 0 atom stereocenters. The van der Waals surface area contributed by atoms with E-state index in [0.717, 1.165) is 5.56 Å². The van der Waals surface area contributed by atoms with Gasteiger partial charge in [-0.3, -0.25) is 15.1 Å². The smallest absolute Gasteiger partial charge is 0.275 e. The molecule has 9 heteroatoms. The van der Waals surface area contributed by atoms with E-state index in [1.54, 1.807) is 0 Å². The van der Waals surface area contributed by atoms with Crippen LogP contribution in [0.4, 0.5) is 0 Å². The Bertz CT molecular complexity index is 576. The topological polar surface area (TPSA) is 95.7 Å². The molecule has 2 rings (SSSR count). The maximum atomic E-state index is 11.6. The van der Waals surface area contributed by atoms with Gasteiger partial charge in [0.1, 0.15) is 0 Å². The fraction of sp³-hybridized carbons (Fsp3) is 0.545. The van der Waals surface area contributed by atoms with Gasteiger partial charge >= 0.3 is 0 Å². The number of carbonyl (C=O) groups excluding carboxylic acids is 1. The molecule has 3 N–H and O–H groups in total. The Balaban J connectivity index is 1.97. The summed E-state index contributed by atoms with van der Waals surface area (Å²) in [5, 5.41) is 1.85. The van der Waals surface area contributed by atoms with Gasteiger partial charge in [0.25, 0.3) is 5.91 Å². The van der Waals surface area contributed by atoms with E-state index in [9.17, 15) is 13.2 Å². The highest BCUT2D eigenvalue weighted by atomic mass is 32.2. The second kappa shape index (κ2) is 6.19. The molecule has 1 aromatic heterocycles. The highest BCUT2D eigenvalue weighted by Crippen LogP contribution is 2.19. The molecule has 0 aromatic carbocycles. The summed E-state index contributed by atoms with van der Waals surface area (Å²) in [5.74, 6) is 4.86. The third kappa shape index (κ3) is 3.55. The minimum atomic E-state index is -3.11. The van der Waals surface area contributed by atoms with Crippen LogP contribution >= 0.6 is 11.3 Å². The summed E-state index contributed by atoms with van der Waals surface area (Å²) in [5.41, 5.74) is 3.06. The summed E-state index contributed by atoms with van der Waals surface area (Å²) in [6.07, 6.45) is 1.23. The van der Waals surface area contributed by atoms with Gasteiger partial charge in [0.05, 0.1) is 11.1 Å². The molecule has 0 saturated carbocycles. The summed E-state index contributed by atoms with van der Waals surface area (Å²) < 4.78 is 24.3. The molecule has 1 amide bonds. The molecule has 1 aromatic rings. The molecule has 2 heterocycles. The van der Waals surface area contributed by atoms with Crippen LogP contribution in [0.5, 0.6) is 0 Å². The van der Waals surface area contributed by atoms with Crippen LogP contribution in [0.2, 0.25) is 0 Å². The summed E-state index contributed by atoms with van der Waals surface area (Å²) >= 11 is 1.35. The van der Waals surface area contributed by atoms with Crippen molar-refractivity contribution < 1.29 is 13.2 Å². The van der Waals surface area contributed by atoms with Crippen LogP contribution in [0.1, 0.15) is 15.2 Å². The lowest BCUT2D eigenvalue weighted by Gasteiger charge is -2.33. The SMILES string of the molecule is CS(=O)(=O)N1CCN(Cc2ccsc2C(=O)NN)CC1. The van der Waals surface area contributed by atoms with E-state index >= 15 is 0 Å². The number of hydrazine groups is 1. The lowest BCUT2D eigenvalue weighted by Crippen LogP contribution is -2.47. The van der Waals surface area contributed by atoms with Crippen molar-refractivity contribution in [2.45, 2.75) is 6.54 Å². The predicted octanol–water partition coefficient (Wildman–Crippen LogP) is -0.571. The predicted molar refractivity (Wildman–Crippen MR) is 77.7 cm³/mol. The molecule has 1 saturated heterocycles. The van der Waals surface area contributed by atoms with Crippen molar-refractivity contribution in [3.63, 3.8) is 0 Å². The molecule has 0 spiro atoms. The van der Waals surface area contributed by atoms with Gasteiger partial charge in [-0.1, -0.05) is 0 Å². The highest BCUT2D eigenvalue weighted by molar-refractivity contribution is 7.88. The van der Waals surface area contributed by atoms with E-state index in [-0.39, 0.29) is 5.91 Å². The van der Waals surface area contributed by atoms with Crippen LogP contribution in [0, 0.1) is 0 Å². The van der Waals surface area contributed by atoms with Crippen LogP contribution in [0.25, 0.3) is 0 Å². The standard InChI is InChI=1S/C11H18N4O3S2/c1-20(17,18)15-5-3-14(4-6-15)8-9-2-7-19-10(9)11(16)13-12/h2,7H,3-6,8,12H2,1H3,(H,13,16). The maximum Gasteiger partial charge on any atom is 0.275 e. The Morgan fingerprint density at radius 2 is 2.05 bits per heavy atom. The number of piperazine rings is 1. The first-order chi connectivity index (χ1) is 9.41. The van der Waals surface area contributed by atoms with Gasteiger partial charge in [-0.15, -0.1) is 11.3 Å². The Labute approximate surface area is 122 Å². The number of carbonyl (C=O) groups is 1. The van der Waals surface area contributed by atoms with Crippen LogP contribution in [0.3, 0.4) is 0 Å². The van der Waals surface area contributed by atoms with Gasteiger partial charge in [0.15, 0.2) is 0 Å². The fourth-order valence-corrected chi connectivity index (χ4v) is 3.83. The molecule has 0 radical (unpaired) electrons. The quantitative estimate of drug-likeness (QED) is 0.440. The van der Waals surface area contributed by atoms with Crippen molar-refractivity contribution in [3.05, 3.63) is 21.9 Å². The number of hydrogen-bond acceptors (Lipinski definition) is 6. The summed E-state index contributed by atoms with van der Waals surface area (Å²) in [6, 6.07) is 1.90.